The molecule has 1 amide bonds. The second-order valence-corrected chi connectivity index (χ2v) is 6.83. The molecule has 114 valence electrons. The third-order valence-electron chi connectivity index (χ3n) is 3.44. The van der Waals surface area contributed by atoms with Crippen LogP contribution in [0, 0.1) is 5.41 Å². The zero-order valence-corrected chi connectivity index (χ0v) is 13.9. The first-order chi connectivity index (χ1) is 9.38. The fourth-order valence-electron chi connectivity index (χ4n) is 2.01. The molecule has 1 aromatic heterocycles. The Morgan fingerprint density at radius 3 is 2.65 bits per heavy atom. The highest BCUT2D eigenvalue weighted by Gasteiger charge is 2.22. The molecule has 5 heteroatoms. The normalized spacial score (nSPS) is 11.9. The van der Waals surface area contributed by atoms with Crippen LogP contribution in [0.15, 0.2) is 16.8 Å². The molecular weight excluding hydrogens is 270 g/mol. The Hall–Kier alpha value is -0.910. The molecule has 1 aromatic rings. The second-order valence-electron chi connectivity index (χ2n) is 6.05. The molecule has 1 rings (SSSR count). The molecule has 0 unspecified atom stereocenters. The van der Waals surface area contributed by atoms with E-state index in [2.05, 4.69) is 37.1 Å². The molecule has 0 saturated heterocycles. The number of nitrogens with zero attached hydrogens (tertiary/aromatic N) is 2. The summed E-state index contributed by atoms with van der Waals surface area (Å²) in [5, 5.41) is 4.12. The summed E-state index contributed by atoms with van der Waals surface area (Å²) in [5.74, 6) is 0.158. The van der Waals surface area contributed by atoms with E-state index in [1.165, 1.54) is 5.56 Å². The third kappa shape index (κ3) is 5.61. The minimum Gasteiger partial charge on any atom is -0.340 e. The highest BCUT2D eigenvalue weighted by Crippen LogP contribution is 2.15. The lowest BCUT2D eigenvalue weighted by molar-refractivity contribution is -0.131. The molecule has 0 radical (unpaired) electrons. The van der Waals surface area contributed by atoms with Crippen molar-refractivity contribution in [2.45, 2.75) is 27.3 Å². The Kier molecular flexibility index (Phi) is 6.65. The summed E-state index contributed by atoms with van der Waals surface area (Å²) in [6.07, 6.45) is 0. The molecule has 0 fully saturated rings. The molecule has 2 N–H and O–H groups in total. The summed E-state index contributed by atoms with van der Waals surface area (Å²) in [6, 6.07) is 2.06. The molecule has 0 aromatic carbocycles. The van der Waals surface area contributed by atoms with Crippen LogP contribution in [0.3, 0.4) is 0 Å². The molecule has 0 bridgehead atoms. The van der Waals surface area contributed by atoms with Gasteiger partial charge in [-0.2, -0.15) is 11.3 Å². The molecule has 1 heterocycles. The Balaban J connectivity index is 2.50. The molecule has 20 heavy (non-hydrogen) atoms. The van der Waals surface area contributed by atoms with Gasteiger partial charge in [0.2, 0.25) is 5.91 Å². The summed E-state index contributed by atoms with van der Waals surface area (Å²) in [6.45, 7) is 9.83. The monoisotopic (exact) mass is 297 g/mol. The maximum absolute atomic E-state index is 12.3. The minimum absolute atomic E-state index is 0.0439. The number of carbonyl (C=O) groups is 1. The van der Waals surface area contributed by atoms with Gasteiger partial charge in [0.05, 0.1) is 6.54 Å². The SMILES string of the molecule is CCN(CC(=O)N(C)Cc1ccsc1)CC(C)(C)CN. The summed E-state index contributed by atoms with van der Waals surface area (Å²) in [4.78, 5) is 16.2. The van der Waals surface area contributed by atoms with Gasteiger partial charge >= 0.3 is 0 Å². The van der Waals surface area contributed by atoms with E-state index in [0.717, 1.165) is 13.1 Å². The Labute approximate surface area is 126 Å². The average Bonchev–Trinajstić information content (AvgIpc) is 2.90. The Morgan fingerprint density at radius 2 is 2.15 bits per heavy atom. The van der Waals surface area contributed by atoms with Crippen molar-refractivity contribution in [3.63, 3.8) is 0 Å². The number of rotatable bonds is 8. The van der Waals surface area contributed by atoms with Gasteiger partial charge in [-0.3, -0.25) is 9.69 Å². The van der Waals surface area contributed by atoms with E-state index in [9.17, 15) is 4.79 Å². The molecule has 0 atom stereocenters. The van der Waals surface area contributed by atoms with E-state index in [4.69, 9.17) is 5.73 Å². The zero-order valence-electron chi connectivity index (χ0n) is 13.1. The maximum Gasteiger partial charge on any atom is 0.236 e. The second kappa shape index (κ2) is 7.76. The van der Waals surface area contributed by atoms with E-state index in [1.807, 2.05) is 12.4 Å². The summed E-state index contributed by atoms with van der Waals surface area (Å²) in [7, 11) is 1.86. The first kappa shape index (κ1) is 17.1. The van der Waals surface area contributed by atoms with Gasteiger partial charge in [-0.25, -0.2) is 0 Å². The first-order valence-corrected chi connectivity index (χ1v) is 7.99. The van der Waals surface area contributed by atoms with Crippen LogP contribution in [0.2, 0.25) is 0 Å². The minimum atomic E-state index is 0.0439. The first-order valence-electron chi connectivity index (χ1n) is 7.05. The van der Waals surface area contributed by atoms with Crippen molar-refractivity contribution in [2.24, 2.45) is 11.1 Å². The van der Waals surface area contributed by atoms with Gasteiger partial charge in [-0.15, -0.1) is 0 Å². The predicted molar refractivity (Wildman–Crippen MR) is 85.7 cm³/mol. The number of carbonyl (C=O) groups excluding carboxylic acids is 1. The van der Waals surface area contributed by atoms with E-state index in [1.54, 1.807) is 16.2 Å². The van der Waals surface area contributed by atoms with Crippen LogP contribution in [0.25, 0.3) is 0 Å². The molecule has 0 aliphatic rings. The van der Waals surface area contributed by atoms with Crippen LogP contribution in [0.1, 0.15) is 26.3 Å². The highest BCUT2D eigenvalue weighted by molar-refractivity contribution is 7.07. The number of thiophene rings is 1. The van der Waals surface area contributed by atoms with Gasteiger partial charge in [-0.05, 0) is 40.9 Å². The number of amides is 1. The molecule has 0 aliphatic carbocycles. The maximum atomic E-state index is 12.3. The standard InChI is InChI=1S/C15H27N3OS/c1-5-18(12-15(2,3)11-16)9-14(19)17(4)8-13-6-7-20-10-13/h6-7,10H,5,8-9,11-12,16H2,1-4H3. The number of nitrogens with two attached hydrogens (primary N) is 1. The lowest BCUT2D eigenvalue weighted by Crippen LogP contribution is -2.44. The van der Waals surface area contributed by atoms with Crippen LogP contribution in [-0.4, -0.2) is 48.9 Å². The fraction of sp³-hybridized carbons (Fsp3) is 0.667. The van der Waals surface area contributed by atoms with E-state index in [0.29, 0.717) is 19.6 Å². The summed E-state index contributed by atoms with van der Waals surface area (Å²) >= 11 is 1.66. The Bertz CT molecular complexity index is 403. The topological polar surface area (TPSA) is 49.6 Å². The van der Waals surface area contributed by atoms with Crippen molar-refractivity contribution in [3.05, 3.63) is 22.4 Å². The van der Waals surface area contributed by atoms with Crippen molar-refractivity contribution in [1.29, 1.82) is 0 Å². The average molecular weight is 297 g/mol. The van der Waals surface area contributed by atoms with Crippen molar-refractivity contribution in [2.75, 3.05) is 33.2 Å². The summed E-state index contributed by atoms with van der Waals surface area (Å²) < 4.78 is 0. The lowest BCUT2D eigenvalue weighted by Gasteiger charge is -2.31. The molecule has 4 nitrogen and oxygen atoms in total. The number of likely N-dealkylation sites (N-methyl/N-ethyl adjacent to an activating group) is 2. The molecule has 0 saturated carbocycles. The largest absolute Gasteiger partial charge is 0.340 e. The van der Waals surface area contributed by atoms with Gasteiger partial charge in [0.15, 0.2) is 0 Å². The molecule has 0 aliphatic heterocycles. The van der Waals surface area contributed by atoms with Crippen LogP contribution in [0.4, 0.5) is 0 Å². The van der Waals surface area contributed by atoms with E-state index < -0.39 is 0 Å². The van der Waals surface area contributed by atoms with Crippen molar-refractivity contribution < 1.29 is 4.79 Å². The van der Waals surface area contributed by atoms with Crippen LogP contribution >= 0.6 is 11.3 Å². The molecular formula is C15H27N3OS. The summed E-state index contributed by atoms with van der Waals surface area (Å²) in [5.41, 5.74) is 7.00. The lowest BCUT2D eigenvalue weighted by atomic mass is 9.93. The zero-order chi connectivity index (χ0) is 15.2. The highest BCUT2D eigenvalue weighted by atomic mass is 32.1. The third-order valence-corrected chi connectivity index (χ3v) is 4.17. The van der Waals surface area contributed by atoms with Gasteiger partial charge in [-0.1, -0.05) is 20.8 Å². The van der Waals surface area contributed by atoms with Crippen LogP contribution in [0.5, 0.6) is 0 Å². The smallest absolute Gasteiger partial charge is 0.236 e. The van der Waals surface area contributed by atoms with Crippen molar-refractivity contribution in [3.8, 4) is 0 Å². The number of hydrogen-bond acceptors (Lipinski definition) is 4. The van der Waals surface area contributed by atoms with Crippen molar-refractivity contribution >= 4 is 17.2 Å². The van der Waals surface area contributed by atoms with E-state index in [-0.39, 0.29) is 11.3 Å². The predicted octanol–water partition coefficient (Wildman–Crippen LogP) is 2.01. The number of hydrogen-bond donors (Lipinski definition) is 1. The Morgan fingerprint density at radius 1 is 1.45 bits per heavy atom. The van der Waals surface area contributed by atoms with Crippen LogP contribution < -0.4 is 5.73 Å². The van der Waals surface area contributed by atoms with Crippen LogP contribution in [-0.2, 0) is 11.3 Å². The van der Waals surface area contributed by atoms with Gasteiger partial charge in [0, 0.05) is 20.1 Å². The molecule has 0 spiro atoms. The fourth-order valence-corrected chi connectivity index (χ4v) is 2.67. The van der Waals surface area contributed by atoms with Gasteiger partial charge in [0.25, 0.3) is 0 Å². The quantitative estimate of drug-likeness (QED) is 0.798. The van der Waals surface area contributed by atoms with Gasteiger partial charge < -0.3 is 10.6 Å². The van der Waals surface area contributed by atoms with E-state index >= 15 is 0 Å². The van der Waals surface area contributed by atoms with Crippen molar-refractivity contribution in [1.82, 2.24) is 9.80 Å². The van der Waals surface area contributed by atoms with Gasteiger partial charge in [0.1, 0.15) is 0 Å².